The third-order valence-electron chi connectivity index (χ3n) is 6.44. The number of benzene rings is 3. The fraction of sp³-hybridized carbons (Fsp3) is 0.367. The second-order valence-corrected chi connectivity index (χ2v) is 10.8. The topological polar surface area (TPSA) is 87.7 Å². The number of hydrogen-bond donors (Lipinski definition) is 2. The highest BCUT2D eigenvalue weighted by Gasteiger charge is 2.47. The number of fused-ring (bicyclic) bond motifs is 1. The Kier molecular flexibility index (Phi) is 7.52. The van der Waals surface area contributed by atoms with Gasteiger partial charge in [0, 0.05) is 11.7 Å². The lowest BCUT2D eigenvalue weighted by Crippen LogP contribution is -2.52. The number of hydrogen-bond acceptors (Lipinski definition) is 4. The predicted octanol–water partition coefficient (Wildman–Crippen LogP) is 5.67. The molecule has 194 valence electrons. The molecule has 7 nitrogen and oxygen atoms in total. The maximum atomic E-state index is 13.8. The van der Waals surface area contributed by atoms with Crippen LogP contribution in [0.4, 0.5) is 10.5 Å². The molecular formula is C30H35N3O4. The van der Waals surface area contributed by atoms with Crippen molar-refractivity contribution < 1.29 is 19.1 Å². The number of alkyl carbamates (subject to hydrolysis) is 1. The molecule has 37 heavy (non-hydrogen) atoms. The first-order valence-electron chi connectivity index (χ1n) is 12.7. The quantitative estimate of drug-likeness (QED) is 0.437. The summed E-state index contributed by atoms with van der Waals surface area (Å²) >= 11 is 0. The molecule has 1 aliphatic carbocycles. The molecule has 3 aromatic rings. The van der Waals surface area contributed by atoms with Gasteiger partial charge in [0.05, 0.1) is 0 Å². The molecule has 3 aromatic carbocycles. The second kappa shape index (κ2) is 10.6. The van der Waals surface area contributed by atoms with Gasteiger partial charge in [-0.2, -0.15) is 0 Å². The summed E-state index contributed by atoms with van der Waals surface area (Å²) in [6.45, 7) is 8.97. The fourth-order valence-corrected chi connectivity index (χ4v) is 4.49. The normalized spacial score (nSPS) is 18.4. The van der Waals surface area contributed by atoms with Gasteiger partial charge in [0.1, 0.15) is 17.7 Å². The highest BCUT2D eigenvalue weighted by Crippen LogP contribution is 2.41. The van der Waals surface area contributed by atoms with Gasteiger partial charge in [-0.1, -0.05) is 67.6 Å². The van der Waals surface area contributed by atoms with E-state index in [1.54, 1.807) is 32.6 Å². The molecule has 4 rings (SSSR count). The van der Waals surface area contributed by atoms with Crippen molar-refractivity contribution in [1.29, 1.82) is 0 Å². The number of carbonyl (C=O) groups excluding carboxylic acids is 3. The number of carbonyl (C=O) groups is 3. The molecule has 0 spiro atoms. The lowest BCUT2D eigenvalue weighted by Gasteiger charge is -2.34. The zero-order chi connectivity index (χ0) is 26.7. The van der Waals surface area contributed by atoms with Crippen LogP contribution in [0.15, 0.2) is 72.8 Å². The minimum absolute atomic E-state index is 0.108. The van der Waals surface area contributed by atoms with Gasteiger partial charge in [0.2, 0.25) is 5.91 Å². The summed E-state index contributed by atoms with van der Waals surface area (Å²) in [5.74, 6) is -0.390. The van der Waals surface area contributed by atoms with Crippen LogP contribution in [0.5, 0.6) is 0 Å². The zero-order valence-corrected chi connectivity index (χ0v) is 22.0. The molecule has 0 saturated heterocycles. The van der Waals surface area contributed by atoms with Gasteiger partial charge in [-0.3, -0.25) is 9.59 Å². The van der Waals surface area contributed by atoms with Gasteiger partial charge >= 0.3 is 6.09 Å². The van der Waals surface area contributed by atoms with Gasteiger partial charge in [-0.25, -0.2) is 4.79 Å². The fourth-order valence-electron chi connectivity index (χ4n) is 4.49. The summed E-state index contributed by atoms with van der Waals surface area (Å²) in [6.07, 6.45) is 0.117. The minimum Gasteiger partial charge on any atom is -0.444 e. The number of nitrogens with zero attached hydrogens (tertiary/aromatic N) is 1. The van der Waals surface area contributed by atoms with Crippen LogP contribution in [0, 0.1) is 5.92 Å². The van der Waals surface area contributed by atoms with Crippen LogP contribution in [-0.4, -0.2) is 40.5 Å². The molecular weight excluding hydrogens is 466 g/mol. The Balaban J connectivity index is 1.63. The van der Waals surface area contributed by atoms with Gasteiger partial charge in [0.15, 0.2) is 0 Å². The van der Waals surface area contributed by atoms with E-state index in [4.69, 9.17) is 4.74 Å². The number of anilines is 1. The van der Waals surface area contributed by atoms with E-state index < -0.39 is 23.8 Å². The molecule has 2 N–H and O–H groups in total. The van der Waals surface area contributed by atoms with Crippen LogP contribution in [0.25, 0.3) is 10.8 Å². The van der Waals surface area contributed by atoms with E-state index in [0.717, 1.165) is 17.2 Å². The van der Waals surface area contributed by atoms with Gasteiger partial charge in [-0.15, -0.1) is 0 Å². The van der Waals surface area contributed by atoms with Gasteiger partial charge in [-0.05, 0) is 68.5 Å². The highest BCUT2D eigenvalue weighted by molar-refractivity contribution is 6.00. The van der Waals surface area contributed by atoms with Crippen molar-refractivity contribution >= 4 is 34.4 Å². The summed E-state index contributed by atoms with van der Waals surface area (Å²) in [7, 11) is 0. The largest absolute Gasteiger partial charge is 0.444 e. The Hall–Kier alpha value is -3.87. The third-order valence-corrected chi connectivity index (χ3v) is 6.44. The van der Waals surface area contributed by atoms with Crippen LogP contribution in [0.2, 0.25) is 0 Å². The van der Waals surface area contributed by atoms with Crippen molar-refractivity contribution in [3.05, 3.63) is 78.4 Å². The van der Waals surface area contributed by atoms with Crippen molar-refractivity contribution in [2.75, 3.05) is 5.32 Å². The van der Waals surface area contributed by atoms with E-state index in [1.165, 1.54) is 0 Å². The van der Waals surface area contributed by atoms with Crippen molar-refractivity contribution in [3.8, 4) is 0 Å². The Morgan fingerprint density at radius 3 is 2.19 bits per heavy atom. The molecule has 1 aliphatic rings. The Morgan fingerprint density at radius 2 is 1.57 bits per heavy atom. The Bertz CT molecular complexity index is 1280. The molecule has 0 bridgehead atoms. The van der Waals surface area contributed by atoms with Gasteiger partial charge in [0.25, 0.3) is 5.91 Å². The first kappa shape index (κ1) is 26.2. The average molecular weight is 502 g/mol. The van der Waals surface area contributed by atoms with E-state index in [9.17, 15) is 14.4 Å². The monoisotopic (exact) mass is 501 g/mol. The molecule has 1 saturated carbocycles. The molecule has 0 aromatic heterocycles. The van der Waals surface area contributed by atoms with E-state index in [0.29, 0.717) is 11.3 Å². The Labute approximate surface area is 218 Å². The van der Waals surface area contributed by atoms with E-state index in [-0.39, 0.29) is 23.8 Å². The molecule has 4 unspecified atom stereocenters. The number of rotatable bonds is 7. The molecule has 0 radical (unpaired) electrons. The minimum atomic E-state index is -0.873. The van der Waals surface area contributed by atoms with Crippen LogP contribution in [0.3, 0.4) is 0 Å². The number of amides is 3. The predicted molar refractivity (Wildman–Crippen MR) is 145 cm³/mol. The van der Waals surface area contributed by atoms with Crippen molar-refractivity contribution in [1.82, 2.24) is 10.2 Å². The van der Waals surface area contributed by atoms with Gasteiger partial charge < -0.3 is 20.3 Å². The number of ether oxygens (including phenoxy) is 1. The SMILES string of the molecule is CC(NC(=O)OC(C)(C)C)C(=O)N(C(C(=O)Nc1ccc2ccccc2c1)c1ccccc1)C1CC1C. The Morgan fingerprint density at radius 1 is 0.946 bits per heavy atom. The van der Waals surface area contributed by atoms with Crippen LogP contribution in [0.1, 0.15) is 52.6 Å². The molecule has 0 aliphatic heterocycles. The first-order valence-corrected chi connectivity index (χ1v) is 12.7. The maximum absolute atomic E-state index is 13.8. The molecule has 3 amide bonds. The van der Waals surface area contributed by atoms with Crippen LogP contribution < -0.4 is 10.6 Å². The smallest absolute Gasteiger partial charge is 0.408 e. The standard InChI is InChI=1S/C30H35N3O4/c1-19-17-25(19)33(28(35)20(2)31-29(36)37-30(3,4)5)26(22-12-7-6-8-13-22)27(34)32-24-16-15-21-11-9-10-14-23(21)18-24/h6-16,18-20,25-26H,17H2,1-5H3,(H,31,36)(H,32,34). The summed E-state index contributed by atoms with van der Waals surface area (Å²) in [5, 5.41) is 7.76. The molecule has 1 fully saturated rings. The molecule has 0 heterocycles. The maximum Gasteiger partial charge on any atom is 0.408 e. The average Bonchev–Trinajstić information content (AvgIpc) is 3.56. The summed E-state index contributed by atoms with van der Waals surface area (Å²) in [6, 6.07) is 21.1. The molecule has 7 heteroatoms. The second-order valence-electron chi connectivity index (χ2n) is 10.8. The zero-order valence-electron chi connectivity index (χ0n) is 22.0. The first-order chi connectivity index (χ1) is 17.5. The van der Waals surface area contributed by atoms with E-state index >= 15 is 0 Å². The number of nitrogens with one attached hydrogen (secondary N) is 2. The highest BCUT2D eigenvalue weighted by atomic mass is 16.6. The lowest BCUT2D eigenvalue weighted by atomic mass is 10.0. The summed E-state index contributed by atoms with van der Waals surface area (Å²) in [5.41, 5.74) is 0.669. The van der Waals surface area contributed by atoms with Crippen LogP contribution in [-0.2, 0) is 14.3 Å². The molecule has 4 atom stereocenters. The summed E-state index contributed by atoms with van der Waals surface area (Å²) < 4.78 is 5.34. The summed E-state index contributed by atoms with van der Waals surface area (Å²) in [4.78, 5) is 41.7. The third kappa shape index (κ3) is 6.47. The van der Waals surface area contributed by atoms with Crippen molar-refractivity contribution in [3.63, 3.8) is 0 Å². The van der Waals surface area contributed by atoms with Crippen molar-refractivity contribution in [2.24, 2.45) is 5.92 Å². The van der Waals surface area contributed by atoms with Crippen molar-refractivity contribution in [2.45, 2.75) is 64.8 Å². The van der Waals surface area contributed by atoms with E-state index in [1.807, 2.05) is 72.8 Å². The lowest BCUT2D eigenvalue weighted by molar-refractivity contribution is -0.141. The van der Waals surface area contributed by atoms with E-state index in [2.05, 4.69) is 17.6 Å². The van der Waals surface area contributed by atoms with Crippen LogP contribution >= 0.6 is 0 Å².